The van der Waals surface area contributed by atoms with Crippen LogP contribution < -0.4 is 5.32 Å². The third kappa shape index (κ3) is 5.98. The number of benzene rings is 1. The third-order valence-corrected chi connectivity index (χ3v) is 4.50. The number of thioether (sulfide) groups is 1. The Morgan fingerprint density at radius 2 is 2.19 bits per heavy atom. The highest BCUT2D eigenvalue weighted by Gasteiger charge is 2.18. The van der Waals surface area contributed by atoms with Crippen LogP contribution in [0, 0.1) is 0 Å². The average molecular weight is 308 g/mol. The molecule has 0 spiro atoms. The predicted octanol–water partition coefficient (Wildman–Crippen LogP) is 2.99. The molecule has 1 saturated heterocycles. The number of hydrogen-bond donors (Lipinski definition) is 1. The first-order valence-corrected chi connectivity index (χ1v) is 8.52. The summed E-state index contributed by atoms with van der Waals surface area (Å²) in [6.45, 7) is 2.18. The van der Waals surface area contributed by atoms with E-state index in [0.29, 0.717) is 13.1 Å². The van der Waals surface area contributed by atoms with Crippen LogP contribution in [0.2, 0.25) is 0 Å². The number of hydrogen-bond acceptors (Lipinski definition) is 3. The lowest BCUT2D eigenvalue weighted by atomic mass is 10.1. The monoisotopic (exact) mass is 308 g/mol. The Hall–Kier alpha value is -1.20. The standard InChI is InChI=1S/C16H24N2O2S/c1-18(13-14-7-5-6-11-20-14)16(19)17-10-12-21-15-8-3-2-4-9-15/h2-4,8-9,14H,5-7,10-13H2,1H3,(H,17,19). The van der Waals surface area contributed by atoms with Crippen LogP contribution in [0.4, 0.5) is 4.79 Å². The largest absolute Gasteiger partial charge is 0.376 e. The van der Waals surface area contributed by atoms with E-state index in [0.717, 1.165) is 25.2 Å². The van der Waals surface area contributed by atoms with Crippen molar-refractivity contribution >= 4 is 17.8 Å². The van der Waals surface area contributed by atoms with E-state index in [4.69, 9.17) is 4.74 Å². The lowest BCUT2D eigenvalue weighted by molar-refractivity contribution is 0.00390. The summed E-state index contributed by atoms with van der Waals surface area (Å²) in [6, 6.07) is 10.2. The highest BCUT2D eigenvalue weighted by atomic mass is 32.2. The molecule has 1 aromatic rings. The van der Waals surface area contributed by atoms with Crippen LogP contribution in [0.15, 0.2) is 35.2 Å². The quantitative estimate of drug-likeness (QED) is 0.649. The number of carbonyl (C=O) groups is 1. The molecule has 21 heavy (non-hydrogen) atoms. The van der Waals surface area contributed by atoms with Crippen molar-refractivity contribution in [2.75, 3.05) is 32.5 Å². The second-order valence-electron chi connectivity index (χ2n) is 5.26. The van der Waals surface area contributed by atoms with Gasteiger partial charge in [0.15, 0.2) is 0 Å². The van der Waals surface area contributed by atoms with Crippen LogP contribution in [-0.4, -0.2) is 49.5 Å². The molecule has 0 aliphatic carbocycles. The maximum atomic E-state index is 12.0. The summed E-state index contributed by atoms with van der Waals surface area (Å²) in [5.41, 5.74) is 0. The molecular weight excluding hydrogens is 284 g/mol. The zero-order valence-corrected chi connectivity index (χ0v) is 13.4. The Morgan fingerprint density at radius 3 is 2.90 bits per heavy atom. The molecule has 0 aromatic heterocycles. The fourth-order valence-electron chi connectivity index (χ4n) is 2.32. The van der Waals surface area contributed by atoms with Crippen molar-refractivity contribution in [1.29, 1.82) is 0 Å². The van der Waals surface area contributed by atoms with Gasteiger partial charge in [0.2, 0.25) is 0 Å². The maximum Gasteiger partial charge on any atom is 0.317 e. The Kier molecular flexibility index (Phi) is 6.89. The number of likely N-dealkylation sites (N-methyl/N-ethyl adjacent to an activating group) is 1. The van der Waals surface area contributed by atoms with Crippen molar-refractivity contribution < 1.29 is 9.53 Å². The molecule has 0 radical (unpaired) electrons. The molecule has 1 aliphatic rings. The topological polar surface area (TPSA) is 41.6 Å². The second kappa shape index (κ2) is 8.95. The number of nitrogens with one attached hydrogen (secondary N) is 1. The van der Waals surface area contributed by atoms with Gasteiger partial charge in [-0.1, -0.05) is 18.2 Å². The van der Waals surface area contributed by atoms with Gasteiger partial charge < -0.3 is 15.0 Å². The van der Waals surface area contributed by atoms with E-state index < -0.39 is 0 Å². The second-order valence-corrected chi connectivity index (χ2v) is 6.43. The predicted molar refractivity (Wildman–Crippen MR) is 86.8 cm³/mol. The van der Waals surface area contributed by atoms with Gasteiger partial charge in [0.25, 0.3) is 0 Å². The van der Waals surface area contributed by atoms with Gasteiger partial charge in [0.1, 0.15) is 0 Å². The Labute approximate surface area is 131 Å². The third-order valence-electron chi connectivity index (χ3n) is 3.49. The smallest absolute Gasteiger partial charge is 0.317 e. The van der Waals surface area contributed by atoms with Crippen molar-refractivity contribution in [3.8, 4) is 0 Å². The van der Waals surface area contributed by atoms with E-state index >= 15 is 0 Å². The summed E-state index contributed by atoms with van der Waals surface area (Å²) in [5, 5.41) is 2.95. The number of urea groups is 1. The molecule has 1 atom stereocenters. The van der Waals surface area contributed by atoms with Crippen LogP contribution in [0.3, 0.4) is 0 Å². The SMILES string of the molecule is CN(CC1CCCCO1)C(=O)NCCSc1ccccc1. The Balaban J connectivity index is 1.60. The molecular formula is C16H24N2O2S. The first-order chi connectivity index (χ1) is 10.3. The molecule has 1 aliphatic heterocycles. The number of amides is 2. The zero-order valence-electron chi connectivity index (χ0n) is 12.6. The summed E-state index contributed by atoms with van der Waals surface area (Å²) >= 11 is 1.75. The van der Waals surface area contributed by atoms with Crippen molar-refractivity contribution in [3.05, 3.63) is 30.3 Å². The molecule has 1 fully saturated rings. The first-order valence-electron chi connectivity index (χ1n) is 7.54. The van der Waals surface area contributed by atoms with Crippen molar-refractivity contribution in [3.63, 3.8) is 0 Å². The summed E-state index contributed by atoms with van der Waals surface area (Å²) < 4.78 is 5.66. The molecule has 2 amide bonds. The highest BCUT2D eigenvalue weighted by Crippen LogP contribution is 2.16. The van der Waals surface area contributed by atoms with Crippen LogP contribution >= 0.6 is 11.8 Å². The fraction of sp³-hybridized carbons (Fsp3) is 0.562. The zero-order chi connectivity index (χ0) is 14.9. The van der Waals surface area contributed by atoms with Crippen LogP contribution in [0.25, 0.3) is 0 Å². The van der Waals surface area contributed by atoms with E-state index in [-0.39, 0.29) is 12.1 Å². The molecule has 0 bridgehead atoms. The van der Waals surface area contributed by atoms with E-state index in [2.05, 4.69) is 17.4 Å². The Morgan fingerprint density at radius 1 is 1.38 bits per heavy atom. The van der Waals surface area contributed by atoms with Gasteiger partial charge in [-0.05, 0) is 31.4 Å². The van der Waals surface area contributed by atoms with Crippen molar-refractivity contribution in [2.24, 2.45) is 0 Å². The van der Waals surface area contributed by atoms with E-state index in [1.807, 2.05) is 25.2 Å². The van der Waals surface area contributed by atoms with Crippen LogP contribution in [0.5, 0.6) is 0 Å². The molecule has 4 nitrogen and oxygen atoms in total. The number of ether oxygens (including phenoxy) is 1. The van der Waals surface area contributed by atoms with E-state index in [9.17, 15) is 4.79 Å². The summed E-state index contributed by atoms with van der Waals surface area (Å²) in [5.74, 6) is 0.878. The fourth-order valence-corrected chi connectivity index (χ4v) is 3.11. The lowest BCUT2D eigenvalue weighted by Crippen LogP contribution is -2.43. The normalized spacial score (nSPS) is 18.2. The van der Waals surface area contributed by atoms with E-state index in [1.54, 1.807) is 16.7 Å². The van der Waals surface area contributed by atoms with Gasteiger partial charge >= 0.3 is 6.03 Å². The van der Waals surface area contributed by atoms with E-state index in [1.165, 1.54) is 11.3 Å². The maximum absolute atomic E-state index is 12.0. The summed E-state index contributed by atoms with van der Waals surface area (Å²) in [6.07, 6.45) is 3.60. The number of rotatable bonds is 6. The van der Waals surface area contributed by atoms with Crippen molar-refractivity contribution in [2.45, 2.75) is 30.3 Å². The average Bonchev–Trinajstić information content (AvgIpc) is 2.53. The molecule has 2 rings (SSSR count). The molecule has 116 valence electrons. The highest BCUT2D eigenvalue weighted by molar-refractivity contribution is 7.99. The molecule has 5 heteroatoms. The van der Waals surface area contributed by atoms with Crippen molar-refractivity contribution in [1.82, 2.24) is 10.2 Å². The van der Waals surface area contributed by atoms with Gasteiger partial charge in [-0.2, -0.15) is 0 Å². The van der Waals surface area contributed by atoms with Crippen LogP contribution in [-0.2, 0) is 4.74 Å². The number of carbonyl (C=O) groups excluding carboxylic acids is 1. The molecule has 1 heterocycles. The van der Waals surface area contributed by atoms with Gasteiger partial charge in [0, 0.05) is 37.4 Å². The van der Waals surface area contributed by atoms with Gasteiger partial charge in [-0.3, -0.25) is 0 Å². The summed E-state index contributed by atoms with van der Waals surface area (Å²) in [7, 11) is 1.83. The van der Waals surface area contributed by atoms with Gasteiger partial charge in [0.05, 0.1) is 6.10 Å². The first kappa shape index (κ1) is 16.2. The molecule has 0 saturated carbocycles. The molecule has 1 aromatic carbocycles. The molecule has 1 N–H and O–H groups in total. The Bertz CT molecular complexity index is 422. The lowest BCUT2D eigenvalue weighted by Gasteiger charge is -2.27. The van der Waals surface area contributed by atoms with Gasteiger partial charge in [-0.15, -0.1) is 11.8 Å². The summed E-state index contributed by atoms with van der Waals surface area (Å²) in [4.78, 5) is 14.9. The van der Waals surface area contributed by atoms with Gasteiger partial charge in [-0.25, -0.2) is 4.79 Å². The van der Waals surface area contributed by atoms with Crippen LogP contribution in [0.1, 0.15) is 19.3 Å². The number of nitrogens with zero attached hydrogens (tertiary/aromatic N) is 1. The minimum Gasteiger partial charge on any atom is -0.376 e. The minimum atomic E-state index is -0.0159. The molecule has 1 unspecified atom stereocenters. The minimum absolute atomic E-state index is 0.0159.